The van der Waals surface area contributed by atoms with Crippen LogP contribution in [0.5, 0.6) is 0 Å². The molecule has 0 atom stereocenters. The average Bonchev–Trinajstić information content (AvgIpc) is 2.50. The quantitative estimate of drug-likeness (QED) is 0.659. The Morgan fingerprint density at radius 2 is 2.50 bits per heavy atom. The number of hydrogen-bond donors (Lipinski definition) is 0. The number of nitrogens with zero attached hydrogens (tertiary/aromatic N) is 3. The number of hydrogen-bond acceptors (Lipinski definition) is 5. The molecule has 0 saturated carbocycles. The van der Waals surface area contributed by atoms with Gasteiger partial charge in [-0.1, -0.05) is 5.16 Å². The Labute approximate surface area is 69.9 Å². The minimum atomic E-state index is 0.152. The Morgan fingerprint density at radius 3 is 3.17 bits per heavy atom. The Balaban J connectivity index is 2.48. The summed E-state index contributed by atoms with van der Waals surface area (Å²) in [4.78, 5) is 3.91. The molecule has 0 aliphatic heterocycles. The van der Waals surface area contributed by atoms with E-state index in [2.05, 4.69) is 10.1 Å². The predicted molar refractivity (Wildman–Crippen MR) is 38.9 cm³/mol. The summed E-state index contributed by atoms with van der Waals surface area (Å²) < 4.78 is 9.78. The molecule has 1 rings (SSSR count). The van der Waals surface area contributed by atoms with E-state index in [1.807, 2.05) is 13.0 Å². The normalized spacial score (nSPS) is 9.67. The molecule has 0 saturated heterocycles. The third kappa shape index (κ3) is 2.32. The van der Waals surface area contributed by atoms with E-state index in [0.29, 0.717) is 24.9 Å². The molecule has 0 fully saturated rings. The van der Waals surface area contributed by atoms with E-state index in [1.54, 1.807) is 0 Å². The van der Waals surface area contributed by atoms with Crippen LogP contribution in [0.25, 0.3) is 0 Å². The number of nitriles is 1. The summed E-state index contributed by atoms with van der Waals surface area (Å²) in [6, 6.07) is 1.92. The van der Waals surface area contributed by atoms with Crippen molar-refractivity contribution in [3.05, 3.63) is 11.7 Å². The van der Waals surface area contributed by atoms with Gasteiger partial charge in [-0.05, 0) is 6.92 Å². The summed E-state index contributed by atoms with van der Waals surface area (Å²) in [6.07, 6.45) is 0.152. The van der Waals surface area contributed by atoms with Crippen molar-refractivity contribution in [3.63, 3.8) is 0 Å². The first-order chi connectivity index (χ1) is 5.86. The lowest BCUT2D eigenvalue weighted by Crippen LogP contribution is -1.94. The highest BCUT2D eigenvalue weighted by molar-refractivity contribution is 4.91. The van der Waals surface area contributed by atoms with E-state index in [0.717, 1.165) is 0 Å². The minimum Gasteiger partial charge on any atom is -0.374 e. The molecule has 0 radical (unpaired) electrons. The topological polar surface area (TPSA) is 71.9 Å². The highest BCUT2D eigenvalue weighted by Crippen LogP contribution is 1.98. The molecule has 0 aliphatic rings. The average molecular weight is 167 g/mol. The fourth-order valence-electron chi connectivity index (χ4n) is 0.682. The van der Waals surface area contributed by atoms with Crippen molar-refractivity contribution in [3.8, 4) is 6.07 Å². The van der Waals surface area contributed by atoms with Gasteiger partial charge in [0.2, 0.25) is 5.89 Å². The van der Waals surface area contributed by atoms with Crippen LogP contribution in [0.3, 0.4) is 0 Å². The van der Waals surface area contributed by atoms with E-state index in [1.165, 1.54) is 0 Å². The maximum Gasteiger partial charge on any atom is 0.240 e. The summed E-state index contributed by atoms with van der Waals surface area (Å²) in [5.41, 5.74) is 0. The Morgan fingerprint density at radius 1 is 1.67 bits per heavy atom. The molecular formula is C7H9N3O2. The lowest BCUT2D eigenvalue weighted by atomic mass is 10.5. The van der Waals surface area contributed by atoms with Crippen molar-refractivity contribution >= 4 is 0 Å². The Bertz CT molecular complexity index is 276. The van der Waals surface area contributed by atoms with Crippen LogP contribution in [0, 0.1) is 11.3 Å². The molecule has 1 heterocycles. The van der Waals surface area contributed by atoms with Crippen molar-refractivity contribution in [2.75, 3.05) is 6.61 Å². The first-order valence-electron chi connectivity index (χ1n) is 3.63. The van der Waals surface area contributed by atoms with Crippen molar-refractivity contribution in [1.82, 2.24) is 10.1 Å². The van der Waals surface area contributed by atoms with Gasteiger partial charge in [-0.2, -0.15) is 10.2 Å². The van der Waals surface area contributed by atoms with Crippen LogP contribution < -0.4 is 0 Å². The third-order valence-corrected chi connectivity index (χ3v) is 1.18. The van der Waals surface area contributed by atoms with Gasteiger partial charge in [0.1, 0.15) is 13.0 Å². The van der Waals surface area contributed by atoms with E-state index >= 15 is 0 Å². The van der Waals surface area contributed by atoms with Gasteiger partial charge in [0.05, 0.1) is 6.07 Å². The Kier molecular flexibility index (Phi) is 3.23. The SMILES string of the molecule is CCOCc1noc(CC#N)n1. The van der Waals surface area contributed by atoms with Gasteiger partial charge in [-0.25, -0.2) is 0 Å². The monoisotopic (exact) mass is 167 g/mol. The number of rotatable bonds is 4. The summed E-state index contributed by atoms with van der Waals surface area (Å²) in [5.74, 6) is 0.828. The number of aromatic nitrogens is 2. The first-order valence-corrected chi connectivity index (χ1v) is 3.63. The molecule has 5 nitrogen and oxygen atoms in total. The van der Waals surface area contributed by atoms with E-state index in [4.69, 9.17) is 14.5 Å². The molecule has 0 aliphatic carbocycles. The van der Waals surface area contributed by atoms with Crippen LogP contribution in [0.4, 0.5) is 0 Å². The summed E-state index contributed by atoms with van der Waals surface area (Å²) in [5, 5.41) is 11.9. The Hall–Kier alpha value is -1.41. The molecule has 0 bridgehead atoms. The van der Waals surface area contributed by atoms with Crippen LogP contribution in [0.2, 0.25) is 0 Å². The molecule has 12 heavy (non-hydrogen) atoms. The second kappa shape index (κ2) is 4.46. The minimum absolute atomic E-state index is 0.152. The van der Waals surface area contributed by atoms with Gasteiger partial charge in [-0.3, -0.25) is 0 Å². The van der Waals surface area contributed by atoms with Gasteiger partial charge in [0, 0.05) is 6.61 Å². The van der Waals surface area contributed by atoms with Crippen LogP contribution in [0.1, 0.15) is 18.6 Å². The fraction of sp³-hybridized carbons (Fsp3) is 0.571. The van der Waals surface area contributed by atoms with Crippen molar-refractivity contribution in [2.45, 2.75) is 20.0 Å². The standard InChI is InChI=1S/C7H9N3O2/c1-2-11-5-6-9-7(3-4-8)12-10-6/h2-3,5H2,1H3. The van der Waals surface area contributed by atoms with Crippen LogP contribution in [0.15, 0.2) is 4.52 Å². The predicted octanol–water partition coefficient (Wildman–Crippen LogP) is 0.672. The molecule has 0 N–H and O–H groups in total. The molecule has 0 unspecified atom stereocenters. The van der Waals surface area contributed by atoms with Gasteiger partial charge >= 0.3 is 0 Å². The molecule has 1 aromatic heterocycles. The van der Waals surface area contributed by atoms with Gasteiger partial charge in [-0.15, -0.1) is 0 Å². The van der Waals surface area contributed by atoms with Gasteiger partial charge < -0.3 is 9.26 Å². The van der Waals surface area contributed by atoms with Crippen LogP contribution in [-0.4, -0.2) is 16.7 Å². The fourth-order valence-corrected chi connectivity index (χ4v) is 0.682. The largest absolute Gasteiger partial charge is 0.374 e. The van der Waals surface area contributed by atoms with Crippen molar-refractivity contribution in [2.24, 2.45) is 0 Å². The molecule has 64 valence electrons. The van der Waals surface area contributed by atoms with Crippen molar-refractivity contribution in [1.29, 1.82) is 5.26 Å². The van der Waals surface area contributed by atoms with Gasteiger partial charge in [0.25, 0.3) is 0 Å². The third-order valence-electron chi connectivity index (χ3n) is 1.18. The lowest BCUT2D eigenvalue weighted by Gasteiger charge is -1.91. The molecule has 0 aromatic carbocycles. The zero-order chi connectivity index (χ0) is 8.81. The smallest absolute Gasteiger partial charge is 0.240 e. The summed E-state index contributed by atoms with van der Waals surface area (Å²) in [7, 11) is 0. The van der Waals surface area contributed by atoms with E-state index in [-0.39, 0.29) is 6.42 Å². The second-order valence-electron chi connectivity index (χ2n) is 2.08. The lowest BCUT2D eigenvalue weighted by molar-refractivity contribution is 0.126. The maximum absolute atomic E-state index is 8.30. The van der Waals surface area contributed by atoms with Crippen LogP contribution in [-0.2, 0) is 17.8 Å². The highest BCUT2D eigenvalue weighted by atomic mass is 16.5. The maximum atomic E-state index is 8.30. The van der Waals surface area contributed by atoms with Gasteiger partial charge in [0.15, 0.2) is 5.82 Å². The van der Waals surface area contributed by atoms with E-state index < -0.39 is 0 Å². The zero-order valence-corrected chi connectivity index (χ0v) is 6.78. The molecular weight excluding hydrogens is 158 g/mol. The summed E-state index contributed by atoms with van der Waals surface area (Å²) >= 11 is 0. The van der Waals surface area contributed by atoms with E-state index in [9.17, 15) is 0 Å². The highest BCUT2D eigenvalue weighted by Gasteiger charge is 2.04. The summed E-state index contributed by atoms with van der Waals surface area (Å²) in [6.45, 7) is 2.84. The first kappa shape index (κ1) is 8.68. The molecule has 0 spiro atoms. The zero-order valence-electron chi connectivity index (χ0n) is 6.78. The molecule has 0 amide bonds. The van der Waals surface area contributed by atoms with Crippen LogP contribution >= 0.6 is 0 Å². The molecule has 5 heteroatoms. The molecule has 1 aromatic rings. The second-order valence-corrected chi connectivity index (χ2v) is 2.08. The van der Waals surface area contributed by atoms with Crippen molar-refractivity contribution < 1.29 is 9.26 Å². The number of ether oxygens (including phenoxy) is 1.